The Morgan fingerprint density at radius 1 is 1.16 bits per heavy atom. The number of aromatic nitrogens is 2. The number of carbonyl (C=O) groups is 1. The number of benzene rings is 1. The molecule has 1 aromatic heterocycles. The molecule has 2 heterocycles. The molecule has 1 aromatic carbocycles. The summed E-state index contributed by atoms with van der Waals surface area (Å²) >= 11 is 0. The lowest BCUT2D eigenvalue weighted by Gasteiger charge is -2.26. The molecule has 1 saturated heterocycles. The molecule has 2 aromatic rings. The smallest absolute Gasteiger partial charge is 0.276 e. The molecule has 1 aliphatic rings. The van der Waals surface area contributed by atoms with Gasteiger partial charge in [-0.25, -0.2) is 0 Å². The second kappa shape index (κ2) is 8.55. The number of hydrogen-bond acceptors (Lipinski definition) is 6. The molecule has 3 rings (SSSR count). The fourth-order valence-corrected chi connectivity index (χ4v) is 2.61. The average molecular weight is 341 g/mol. The predicted octanol–water partition coefficient (Wildman–Crippen LogP) is 1.78. The van der Waals surface area contributed by atoms with E-state index in [0.717, 1.165) is 50.6 Å². The number of nitrogens with one attached hydrogen (secondary N) is 2. The van der Waals surface area contributed by atoms with Crippen molar-refractivity contribution in [1.29, 1.82) is 0 Å². The first-order valence-electron chi connectivity index (χ1n) is 8.47. The van der Waals surface area contributed by atoms with Crippen LogP contribution in [0.5, 0.6) is 0 Å². The Morgan fingerprint density at radius 2 is 1.96 bits per heavy atom. The van der Waals surface area contributed by atoms with Gasteiger partial charge in [0, 0.05) is 31.9 Å². The second-order valence-electron chi connectivity index (χ2n) is 5.95. The Kier molecular flexibility index (Phi) is 5.92. The van der Waals surface area contributed by atoms with E-state index >= 15 is 0 Å². The van der Waals surface area contributed by atoms with Crippen molar-refractivity contribution in [3.8, 4) is 0 Å². The fraction of sp³-hybridized carbons (Fsp3) is 0.389. The third kappa shape index (κ3) is 4.98. The molecule has 0 aliphatic carbocycles. The van der Waals surface area contributed by atoms with Gasteiger partial charge in [0.25, 0.3) is 5.91 Å². The molecule has 1 amide bonds. The number of rotatable bonds is 6. The van der Waals surface area contributed by atoms with Crippen molar-refractivity contribution in [1.82, 2.24) is 15.1 Å². The topological polar surface area (TPSA) is 79.4 Å². The molecule has 7 heteroatoms. The van der Waals surface area contributed by atoms with Gasteiger partial charge in [0.15, 0.2) is 5.69 Å². The molecule has 25 heavy (non-hydrogen) atoms. The van der Waals surface area contributed by atoms with Gasteiger partial charge in [-0.2, -0.15) is 0 Å². The molecule has 7 nitrogen and oxygen atoms in total. The maximum Gasteiger partial charge on any atom is 0.276 e. The van der Waals surface area contributed by atoms with E-state index in [0.29, 0.717) is 11.5 Å². The van der Waals surface area contributed by atoms with Crippen LogP contribution in [0.15, 0.2) is 36.4 Å². The number of aryl methyl sites for hydroxylation is 1. The lowest BCUT2D eigenvalue weighted by atomic mass is 10.2. The van der Waals surface area contributed by atoms with Gasteiger partial charge in [-0.15, -0.1) is 10.2 Å². The molecule has 0 spiro atoms. The van der Waals surface area contributed by atoms with Crippen LogP contribution in [0.3, 0.4) is 0 Å². The van der Waals surface area contributed by atoms with Gasteiger partial charge in [-0.05, 0) is 30.7 Å². The van der Waals surface area contributed by atoms with Crippen LogP contribution in [0, 0.1) is 6.92 Å². The minimum absolute atomic E-state index is 0.262. The summed E-state index contributed by atoms with van der Waals surface area (Å²) in [7, 11) is 0. The van der Waals surface area contributed by atoms with Crippen LogP contribution < -0.4 is 10.6 Å². The number of nitrogens with zero attached hydrogens (tertiary/aromatic N) is 3. The first-order valence-corrected chi connectivity index (χ1v) is 8.47. The van der Waals surface area contributed by atoms with Gasteiger partial charge in [-0.1, -0.05) is 18.2 Å². The van der Waals surface area contributed by atoms with Crippen LogP contribution in [-0.2, 0) is 4.74 Å². The summed E-state index contributed by atoms with van der Waals surface area (Å²) in [6, 6.07) is 11.1. The minimum Gasteiger partial charge on any atom is -0.379 e. The van der Waals surface area contributed by atoms with Crippen LogP contribution in [0.1, 0.15) is 16.1 Å². The Labute approximate surface area is 147 Å². The number of hydrogen-bond donors (Lipinski definition) is 2. The lowest BCUT2D eigenvalue weighted by molar-refractivity contribution is 0.0398. The van der Waals surface area contributed by atoms with E-state index in [-0.39, 0.29) is 5.91 Å². The van der Waals surface area contributed by atoms with Gasteiger partial charge in [0.1, 0.15) is 5.82 Å². The van der Waals surface area contributed by atoms with E-state index in [1.165, 1.54) is 0 Å². The Bertz CT molecular complexity index is 699. The Balaban J connectivity index is 1.49. The number of amides is 1. The standard InChI is InChI=1S/C18H23N5O2/c1-14-4-2-3-5-15(14)20-18(24)16-6-7-17(22-21-16)19-8-9-23-10-12-25-13-11-23/h2-7H,8-13H2,1H3,(H,19,22)(H,20,24). The van der Waals surface area contributed by atoms with E-state index < -0.39 is 0 Å². The normalized spacial score (nSPS) is 14.9. The molecule has 2 N–H and O–H groups in total. The number of carbonyl (C=O) groups excluding carboxylic acids is 1. The van der Waals surface area contributed by atoms with Crippen molar-refractivity contribution in [3.63, 3.8) is 0 Å². The van der Waals surface area contributed by atoms with Gasteiger partial charge in [-0.3, -0.25) is 9.69 Å². The maximum atomic E-state index is 12.2. The minimum atomic E-state index is -0.262. The maximum absolute atomic E-state index is 12.2. The van der Waals surface area contributed by atoms with Crippen molar-refractivity contribution < 1.29 is 9.53 Å². The van der Waals surface area contributed by atoms with Gasteiger partial charge in [0.2, 0.25) is 0 Å². The van der Waals surface area contributed by atoms with Crippen LogP contribution in [-0.4, -0.2) is 60.4 Å². The summed E-state index contributed by atoms with van der Waals surface area (Å²) in [5, 5.41) is 14.2. The highest BCUT2D eigenvalue weighted by Crippen LogP contribution is 2.14. The molecule has 0 saturated carbocycles. The summed E-state index contributed by atoms with van der Waals surface area (Å²) < 4.78 is 5.33. The summed E-state index contributed by atoms with van der Waals surface area (Å²) in [6.45, 7) is 7.18. The summed E-state index contributed by atoms with van der Waals surface area (Å²) in [6.07, 6.45) is 0. The Hall–Kier alpha value is -2.51. The van der Waals surface area contributed by atoms with E-state index in [1.807, 2.05) is 31.2 Å². The van der Waals surface area contributed by atoms with Crippen molar-refractivity contribution in [2.45, 2.75) is 6.92 Å². The van der Waals surface area contributed by atoms with E-state index in [2.05, 4.69) is 25.7 Å². The average Bonchev–Trinajstić information content (AvgIpc) is 2.65. The third-order valence-electron chi connectivity index (χ3n) is 4.13. The number of para-hydroxylation sites is 1. The van der Waals surface area contributed by atoms with Crippen molar-refractivity contribution in [2.24, 2.45) is 0 Å². The van der Waals surface area contributed by atoms with Crippen molar-refractivity contribution in [2.75, 3.05) is 50.0 Å². The Morgan fingerprint density at radius 3 is 2.68 bits per heavy atom. The molecule has 0 unspecified atom stereocenters. The zero-order chi connectivity index (χ0) is 17.5. The van der Waals surface area contributed by atoms with Crippen LogP contribution in [0.25, 0.3) is 0 Å². The molecule has 132 valence electrons. The zero-order valence-corrected chi connectivity index (χ0v) is 14.4. The second-order valence-corrected chi connectivity index (χ2v) is 5.95. The first kappa shape index (κ1) is 17.3. The summed E-state index contributed by atoms with van der Waals surface area (Å²) in [5.74, 6) is 0.405. The molecule has 0 atom stereocenters. The monoisotopic (exact) mass is 341 g/mol. The van der Waals surface area contributed by atoms with Crippen LogP contribution in [0.2, 0.25) is 0 Å². The van der Waals surface area contributed by atoms with Crippen LogP contribution in [0.4, 0.5) is 11.5 Å². The molecule has 0 radical (unpaired) electrons. The van der Waals surface area contributed by atoms with Gasteiger partial charge < -0.3 is 15.4 Å². The van der Waals surface area contributed by atoms with Gasteiger partial charge in [0.05, 0.1) is 13.2 Å². The van der Waals surface area contributed by atoms with Crippen molar-refractivity contribution in [3.05, 3.63) is 47.7 Å². The molecule has 1 aliphatic heterocycles. The summed E-state index contributed by atoms with van der Waals surface area (Å²) in [4.78, 5) is 14.6. The molecular formula is C18H23N5O2. The van der Waals surface area contributed by atoms with Crippen LogP contribution >= 0.6 is 0 Å². The lowest BCUT2D eigenvalue weighted by Crippen LogP contribution is -2.39. The van der Waals surface area contributed by atoms with E-state index in [4.69, 9.17) is 4.74 Å². The van der Waals surface area contributed by atoms with Gasteiger partial charge >= 0.3 is 0 Å². The zero-order valence-electron chi connectivity index (χ0n) is 14.4. The molecular weight excluding hydrogens is 318 g/mol. The molecule has 0 bridgehead atoms. The third-order valence-corrected chi connectivity index (χ3v) is 4.13. The largest absolute Gasteiger partial charge is 0.379 e. The number of ether oxygens (including phenoxy) is 1. The van der Waals surface area contributed by atoms with E-state index in [1.54, 1.807) is 12.1 Å². The first-order chi connectivity index (χ1) is 12.2. The highest BCUT2D eigenvalue weighted by molar-refractivity contribution is 6.03. The predicted molar refractivity (Wildman–Crippen MR) is 96.9 cm³/mol. The highest BCUT2D eigenvalue weighted by atomic mass is 16.5. The van der Waals surface area contributed by atoms with E-state index in [9.17, 15) is 4.79 Å². The molecule has 1 fully saturated rings. The van der Waals surface area contributed by atoms with Crippen molar-refractivity contribution >= 4 is 17.4 Å². The highest BCUT2D eigenvalue weighted by Gasteiger charge is 2.11. The number of anilines is 2. The SMILES string of the molecule is Cc1ccccc1NC(=O)c1ccc(NCCN2CCOCC2)nn1. The number of morpholine rings is 1. The summed E-state index contributed by atoms with van der Waals surface area (Å²) in [5.41, 5.74) is 2.08. The fourth-order valence-electron chi connectivity index (χ4n) is 2.61. The quantitative estimate of drug-likeness (QED) is 0.834.